The second-order valence-corrected chi connectivity index (χ2v) is 31.3. The van der Waals surface area contributed by atoms with E-state index in [9.17, 15) is 77.3 Å². The number of carbonyl (C=O) groups is 14. The number of hydrogen-bond donors (Lipinski definition) is 15. The molecule has 0 aromatic heterocycles. The van der Waals surface area contributed by atoms with Crippen LogP contribution in [0.1, 0.15) is 138 Å². The SMILES string of the molecule is CC[C@H](C)[C@H](NC(=O)[C@H](CC(C)C)NC(=O)[C@@H](CN)NC(=O)[C@@H]1CSSC[C@H](NC(C)=O)C(=O)N2CCC[C@H]2C(=O)N2CCC[C@H]2C(=O)N[C@@H](Cc2ccc(O)cc2)C(=O)N[C@@H](CC(C)C)C(=O)N2CCC[C@H]2C(=O)N[C@H](CN)C(=O)N[C@@H](Cc2ccc(O)cc2)C(=O)N[C@@H](CC(C)C)C(=O)N1)C(N)=O. The molecule has 0 spiro atoms. The van der Waals surface area contributed by atoms with Gasteiger partial charge >= 0.3 is 0 Å². The fourth-order valence-corrected chi connectivity index (χ4v) is 15.5. The van der Waals surface area contributed by atoms with Crippen LogP contribution >= 0.6 is 21.6 Å². The summed E-state index contributed by atoms with van der Waals surface area (Å²) in [5.74, 6) is -12.7. The highest BCUT2D eigenvalue weighted by atomic mass is 33.1. The molecular weight excluding hydrogens is 1400 g/mol. The smallest absolute Gasteiger partial charge is 0.246 e. The molecule has 32 nitrogen and oxygen atoms in total. The third kappa shape index (κ3) is 24.9. The topological polar surface area (TPSA) is 488 Å². The maximum Gasteiger partial charge on any atom is 0.246 e. The number of fused-ring (bicyclic) bond motifs is 3. The lowest BCUT2D eigenvalue weighted by Gasteiger charge is -2.33. The molecule has 0 saturated carbocycles. The molecule has 14 atom stereocenters. The predicted molar refractivity (Wildman–Crippen MR) is 393 cm³/mol. The van der Waals surface area contributed by atoms with Gasteiger partial charge in [-0.2, -0.15) is 0 Å². The molecule has 0 unspecified atom stereocenters. The normalized spacial score (nSPS) is 25.1. The van der Waals surface area contributed by atoms with Crippen LogP contribution in [-0.2, 0) is 80.0 Å². The Morgan fingerprint density at radius 2 is 0.962 bits per heavy atom. The van der Waals surface area contributed by atoms with E-state index in [0.29, 0.717) is 36.8 Å². The van der Waals surface area contributed by atoms with Crippen molar-refractivity contribution in [3.8, 4) is 11.5 Å². The van der Waals surface area contributed by atoms with Crippen LogP contribution in [-0.4, -0.2) is 230 Å². The van der Waals surface area contributed by atoms with Crippen LogP contribution in [0.4, 0.5) is 0 Å². The molecule has 34 heteroatoms. The van der Waals surface area contributed by atoms with E-state index in [1.54, 1.807) is 46.8 Å². The fraction of sp³-hybridized carbons (Fsp3) is 0.634. The molecule has 4 heterocycles. The van der Waals surface area contributed by atoms with E-state index < -0.39 is 174 Å². The molecule has 4 fully saturated rings. The number of amides is 14. The molecule has 4 aliphatic heterocycles. The number of phenols is 2. The molecular formula is C71H108N16O16S2. The van der Waals surface area contributed by atoms with Crippen molar-refractivity contribution in [3.05, 3.63) is 59.7 Å². The summed E-state index contributed by atoms with van der Waals surface area (Å²) in [6.45, 7) is 14.7. The number of nitrogens with zero attached hydrogens (tertiary/aromatic N) is 3. The summed E-state index contributed by atoms with van der Waals surface area (Å²) >= 11 is 0. The van der Waals surface area contributed by atoms with Gasteiger partial charge in [-0.05, 0) is 117 Å². The summed E-state index contributed by atoms with van der Waals surface area (Å²) < 4.78 is 0. The van der Waals surface area contributed by atoms with Gasteiger partial charge in [0.15, 0.2) is 0 Å². The summed E-state index contributed by atoms with van der Waals surface area (Å²) in [6.07, 6.45) is 1.75. The van der Waals surface area contributed by atoms with Gasteiger partial charge in [0.1, 0.15) is 90.0 Å². The van der Waals surface area contributed by atoms with Gasteiger partial charge in [-0.15, -0.1) is 0 Å². The van der Waals surface area contributed by atoms with Gasteiger partial charge in [0.2, 0.25) is 82.7 Å². The van der Waals surface area contributed by atoms with Crippen molar-refractivity contribution in [1.29, 1.82) is 0 Å². The number of primary amides is 1. The van der Waals surface area contributed by atoms with E-state index in [1.807, 2.05) is 20.8 Å². The number of aromatic hydroxyl groups is 2. The Bertz CT molecular complexity index is 3410. The zero-order valence-corrected chi connectivity index (χ0v) is 63.0. The minimum Gasteiger partial charge on any atom is -0.508 e. The largest absolute Gasteiger partial charge is 0.508 e. The van der Waals surface area contributed by atoms with E-state index in [4.69, 9.17) is 17.2 Å². The maximum absolute atomic E-state index is 15.0. The molecule has 6 rings (SSSR count). The van der Waals surface area contributed by atoms with Crippen LogP contribution in [0, 0.1) is 23.7 Å². The monoisotopic (exact) mass is 1500 g/mol. The number of carbonyl (C=O) groups excluding carboxylic acids is 14. The van der Waals surface area contributed by atoms with E-state index in [2.05, 4.69) is 53.2 Å². The number of benzene rings is 2. The molecule has 580 valence electrons. The van der Waals surface area contributed by atoms with Gasteiger partial charge in [-0.1, -0.05) is 108 Å². The van der Waals surface area contributed by atoms with Gasteiger partial charge in [0, 0.05) is 64.0 Å². The first-order valence-electron chi connectivity index (χ1n) is 36.2. The van der Waals surface area contributed by atoms with Gasteiger partial charge in [-0.3, -0.25) is 67.1 Å². The van der Waals surface area contributed by atoms with Crippen LogP contribution in [0.2, 0.25) is 0 Å². The first kappa shape index (κ1) is 85.2. The summed E-state index contributed by atoms with van der Waals surface area (Å²) in [7, 11) is 1.97. The van der Waals surface area contributed by atoms with Crippen molar-refractivity contribution in [2.75, 3.05) is 44.2 Å². The Hall–Kier alpha value is -8.76. The van der Waals surface area contributed by atoms with E-state index >= 15 is 0 Å². The fourth-order valence-electron chi connectivity index (χ4n) is 13.2. The first-order chi connectivity index (χ1) is 49.7. The lowest BCUT2D eigenvalue weighted by atomic mass is 9.97. The van der Waals surface area contributed by atoms with Crippen LogP contribution in [0.5, 0.6) is 11.5 Å². The maximum atomic E-state index is 15.0. The Kier molecular flexibility index (Phi) is 33.0. The lowest BCUT2D eigenvalue weighted by molar-refractivity contribution is -0.147. The standard InChI is InChI=1S/C71H108N16O16S2/c1-10-40(8)58(59(74)91)84-63(95)47(29-38(4)5)77-64(96)51(33-72)81-66(98)53-35-104-105-36-54(75-41(9)88)70(102)87-27-13-16-57(87)71(103)86-26-12-15-56(86)67(99)79-49(32-43-19-23-45(90)24-20-43)62(94)80-50(30-39(6)7)69(101)85-25-11-14-55(85)68(100)82-52(34-73)65(97)78-48(31-42-17-21-44(89)22-18-42)61(93)76-46(28-37(2)3)60(92)83-53/h17-24,37-40,46-58,89-90H,10-16,25-36,72-73H2,1-9H3,(H2,74,91)(H,75,88)(H,76,93)(H,77,96)(H,78,97)(H,79,99)(H,80,94)(H,81,98)(H,82,100)(H,83,92)(H,84,95)/t40-,46-,47-,48-,49-,50-,51+,52+,53-,54-,55-,56-,57-,58-/m0/s1. The zero-order chi connectivity index (χ0) is 77.5. The first-order valence-corrected chi connectivity index (χ1v) is 38.6. The quantitative estimate of drug-likeness (QED) is 0.0610. The number of nitrogens with one attached hydrogen (secondary N) is 10. The van der Waals surface area contributed by atoms with Crippen molar-refractivity contribution in [1.82, 2.24) is 67.9 Å². The highest BCUT2D eigenvalue weighted by Crippen LogP contribution is 2.30. The average Bonchev–Trinajstić information content (AvgIpc) is 1.67. The Balaban J connectivity index is 1.40. The minimum atomic E-state index is -1.59. The summed E-state index contributed by atoms with van der Waals surface area (Å²) in [5, 5.41) is 47.4. The van der Waals surface area contributed by atoms with E-state index in [1.165, 1.54) is 58.0 Å². The summed E-state index contributed by atoms with van der Waals surface area (Å²) in [4.78, 5) is 205. The van der Waals surface area contributed by atoms with Gasteiger partial charge in [-0.25, -0.2) is 0 Å². The Morgan fingerprint density at radius 3 is 1.45 bits per heavy atom. The molecule has 14 amide bonds. The van der Waals surface area contributed by atoms with Crippen LogP contribution in [0.15, 0.2) is 48.5 Å². The van der Waals surface area contributed by atoms with Crippen molar-refractivity contribution < 1.29 is 77.3 Å². The summed E-state index contributed by atoms with van der Waals surface area (Å²) in [6, 6.07) is -5.70. The van der Waals surface area contributed by atoms with Crippen molar-refractivity contribution in [2.45, 2.75) is 218 Å². The molecule has 4 aliphatic rings. The van der Waals surface area contributed by atoms with Gasteiger partial charge in [0.05, 0.1) is 0 Å². The van der Waals surface area contributed by atoms with Crippen LogP contribution < -0.4 is 70.4 Å². The Labute approximate surface area is 620 Å². The average molecular weight is 1510 g/mol. The predicted octanol–water partition coefficient (Wildman–Crippen LogP) is -1.29. The molecule has 105 heavy (non-hydrogen) atoms. The molecule has 2 aromatic carbocycles. The molecule has 0 aliphatic carbocycles. The second-order valence-electron chi connectivity index (χ2n) is 28.8. The van der Waals surface area contributed by atoms with Crippen LogP contribution in [0.3, 0.4) is 0 Å². The van der Waals surface area contributed by atoms with Crippen molar-refractivity contribution >= 4 is 104 Å². The second kappa shape index (κ2) is 40.7. The highest BCUT2D eigenvalue weighted by Gasteiger charge is 2.46. The minimum absolute atomic E-state index is 0.0632. The van der Waals surface area contributed by atoms with E-state index in [0.717, 1.165) is 21.6 Å². The van der Waals surface area contributed by atoms with Crippen molar-refractivity contribution in [2.24, 2.45) is 40.9 Å². The molecule has 0 radical (unpaired) electrons. The lowest BCUT2D eigenvalue weighted by Crippen LogP contribution is -2.62. The number of phenolic OH excluding ortho intramolecular Hbond substituents is 2. The Morgan fingerprint density at radius 1 is 0.524 bits per heavy atom. The number of nitrogens with two attached hydrogens (primary N) is 3. The number of rotatable bonds is 22. The van der Waals surface area contributed by atoms with Crippen molar-refractivity contribution in [3.63, 3.8) is 0 Å². The third-order valence-corrected chi connectivity index (χ3v) is 21.4. The van der Waals surface area contributed by atoms with Crippen LogP contribution in [0.25, 0.3) is 0 Å². The highest BCUT2D eigenvalue weighted by molar-refractivity contribution is 8.76. The van der Waals surface area contributed by atoms with Gasteiger partial charge < -0.3 is 95.3 Å². The van der Waals surface area contributed by atoms with Gasteiger partial charge in [0.25, 0.3) is 0 Å². The number of hydrogen-bond acceptors (Lipinski definition) is 20. The molecule has 18 N–H and O–H groups in total. The summed E-state index contributed by atoms with van der Waals surface area (Å²) in [5.41, 5.74) is 19.0. The third-order valence-electron chi connectivity index (χ3n) is 18.9. The molecule has 2 aromatic rings. The zero-order valence-electron chi connectivity index (χ0n) is 61.4. The molecule has 4 saturated heterocycles. The van der Waals surface area contributed by atoms with E-state index in [-0.39, 0.29) is 118 Å². The molecule has 0 bridgehead atoms.